The van der Waals surface area contributed by atoms with Crippen LogP contribution in [-0.2, 0) is 16.3 Å². The number of hydrogen-bond donors (Lipinski definition) is 1. The van der Waals surface area contributed by atoms with Crippen molar-refractivity contribution >= 4 is 15.5 Å². The van der Waals surface area contributed by atoms with E-state index in [-0.39, 0.29) is 17.5 Å². The van der Waals surface area contributed by atoms with Gasteiger partial charge in [0.05, 0.1) is 5.75 Å². The number of fused-ring (bicyclic) bond motifs is 1. The van der Waals surface area contributed by atoms with Gasteiger partial charge in [0.1, 0.15) is 0 Å². The van der Waals surface area contributed by atoms with Crippen molar-refractivity contribution in [3.05, 3.63) is 29.8 Å². The van der Waals surface area contributed by atoms with E-state index in [9.17, 15) is 8.42 Å². The summed E-state index contributed by atoms with van der Waals surface area (Å²) >= 11 is 0. The van der Waals surface area contributed by atoms with Crippen molar-refractivity contribution in [2.75, 3.05) is 29.5 Å². The van der Waals surface area contributed by atoms with Gasteiger partial charge in [-0.2, -0.15) is 0 Å². The minimum absolute atomic E-state index is 0.203. The number of aryl methyl sites for hydroxylation is 1. The molecule has 1 aliphatic heterocycles. The third kappa shape index (κ3) is 3.28. The Morgan fingerprint density at radius 1 is 1.37 bits per heavy atom. The van der Waals surface area contributed by atoms with Crippen molar-refractivity contribution in [2.45, 2.75) is 25.8 Å². The number of nitrogens with zero attached hydrogens (tertiary/aromatic N) is 1. The molecule has 0 radical (unpaired) electrons. The Bertz CT molecular complexity index is 528. The lowest BCUT2D eigenvalue weighted by Gasteiger charge is -2.38. The van der Waals surface area contributed by atoms with Crippen molar-refractivity contribution in [1.29, 1.82) is 0 Å². The molecule has 1 heterocycles. The van der Waals surface area contributed by atoms with Crippen molar-refractivity contribution in [2.24, 2.45) is 5.73 Å². The van der Waals surface area contributed by atoms with Crippen LogP contribution in [-0.4, -0.2) is 39.1 Å². The Morgan fingerprint density at radius 3 is 2.79 bits per heavy atom. The van der Waals surface area contributed by atoms with Gasteiger partial charge in [0.25, 0.3) is 0 Å². The molecular formula is C14H22N2O2S. The highest BCUT2D eigenvalue weighted by Crippen LogP contribution is 2.29. The van der Waals surface area contributed by atoms with E-state index in [0.717, 1.165) is 18.5 Å². The molecule has 0 aromatic heterocycles. The Hall–Kier alpha value is -1.07. The molecule has 4 nitrogen and oxygen atoms in total. The van der Waals surface area contributed by atoms with E-state index in [1.807, 2.05) is 12.1 Å². The van der Waals surface area contributed by atoms with Crippen molar-refractivity contribution in [3.8, 4) is 0 Å². The number of benzene rings is 1. The summed E-state index contributed by atoms with van der Waals surface area (Å²) in [7, 11) is -2.94. The molecule has 19 heavy (non-hydrogen) atoms. The van der Waals surface area contributed by atoms with Crippen molar-refractivity contribution in [3.63, 3.8) is 0 Å². The van der Waals surface area contributed by atoms with Crippen LogP contribution in [0.1, 0.15) is 18.9 Å². The molecule has 0 saturated carbocycles. The van der Waals surface area contributed by atoms with Gasteiger partial charge in [0.15, 0.2) is 9.84 Å². The summed E-state index contributed by atoms with van der Waals surface area (Å²) in [6.45, 7) is 2.80. The lowest BCUT2D eigenvalue weighted by molar-refractivity contribution is 0.538. The predicted molar refractivity (Wildman–Crippen MR) is 79.3 cm³/mol. The van der Waals surface area contributed by atoms with E-state index in [1.165, 1.54) is 5.56 Å². The zero-order valence-corrected chi connectivity index (χ0v) is 12.2. The Morgan fingerprint density at radius 2 is 2.11 bits per heavy atom. The molecule has 1 aromatic rings. The first-order valence-corrected chi connectivity index (χ1v) is 8.64. The highest BCUT2D eigenvalue weighted by molar-refractivity contribution is 7.91. The van der Waals surface area contributed by atoms with Gasteiger partial charge in [-0.25, -0.2) is 8.42 Å². The highest BCUT2D eigenvalue weighted by atomic mass is 32.2. The SMILES string of the molecule is CCS(=O)(=O)CCN1c2ccccc2CCC1CN. The van der Waals surface area contributed by atoms with Gasteiger partial charge < -0.3 is 10.6 Å². The van der Waals surface area contributed by atoms with Crippen LogP contribution in [0.4, 0.5) is 5.69 Å². The largest absolute Gasteiger partial charge is 0.366 e. The molecule has 0 saturated heterocycles. The lowest BCUT2D eigenvalue weighted by atomic mass is 9.96. The number of hydrogen-bond acceptors (Lipinski definition) is 4. The summed E-state index contributed by atoms with van der Waals surface area (Å²) in [6, 6.07) is 8.46. The number of anilines is 1. The monoisotopic (exact) mass is 282 g/mol. The van der Waals surface area contributed by atoms with E-state index >= 15 is 0 Å². The van der Waals surface area contributed by atoms with Gasteiger partial charge >= 0.3 is 0 Å². The fraction of sp³-hybridized carbons (Fsp3) is 0.571. The Balaban J connectivity index is 2.20. The quantitative estimate of drug-likeness (QED) is 0.881. The van der Waals surface area contributed by atoms with Gasteiger partial charge in [-0.05, 0) is 24.5 Å². The second kappa shape index (κ2) is 5.92. The third-order valence-electron chi connectivity index (χ3n) is 3.84. The molecule has 0 spiro atoms. The van der Waals surface area contributed by atoms with Crippen LogP contribution < -0.4 is 10.6 Å². The summed E-state index contributed by atoms with van der Waals surface area (Å²) in [5, 5.41) is 0. The van der Waals surface area contributed by atoms with E-state index in [0.29, 0.717) is 13.1 Å². The standard InChI is InChI=1S/C14H22N2O2S/c1-2-19(17,18)10-9-16-13(11-15)8-7-12-5-3-4-6-14(12)16/h3-6,13H,2,7-11,15H2,1H3. The first kappa shape index (κ1) is 14.3. The third-order valence-corrected chi connectivity index (χ3v) is 5.53. The molecule has 1 atom stereocenters. The van der Waals surface area contributed by atoms with Crippen LogP contribution in [0.15, 0.2) is 24.3 Å². The molecule has 2 rings (SSSR count). The summed E-state index contributed by atoms with van der Waals surface area (Å²) < 4.78 is 23.4. The average molecular weight is 282 g/mol. The van der Waals surface area contributed by atoms with E-state index in [4.69, 9.17) is 5.73 Å². The minimum atomic E-state index is -2.94. The second-order valence-corrected chi connectivity index (χ2v) is 7.46. The molecule has 1 unspecified atom stereocenters. The van der Waals surface area contributed by atoms with Gasteiger partial charge in [0, 0.05) is 30.6 Å². The van der Waals surface area contributed by atoms with Gasteiger partial charge in [-0.3, -0.25) is 0 Å². The van der Waals surface area contributed by atoms with Crippen molar-refractivity contribution < 1.29 is 8.42 Å². The van der Waals surface area contributed by atoms with Crippen LogP contribution in [0, 0.1) is 0 Å². The molecule has 0 fully saturated rings. The fourth-order valence-electron chi connectivity index (χ4n) is 2.61. The predicted octanol–water partition coefficient (Wildman–Crippen LogP) is 1.20. The first-order chi connectivity index (χ1) is 9.07. The number of sulfone groups is 1. The smallest absolute Gasteiger partial charge is 0.151 e. The van der Waals surface area contributed by atoms with E-state index < -0.39 is 9.84 Å². The molecule has 2 N–H and O–H groups in total. The Kier molecular flexibility index (Phi) is 4.47. The van der Waals surface area contributed by atoms with Gasteiger partial charge in [-0.15, -0.1) is 0 Å². The molecule has 1 aliphatic rings. The Labute approximate surface area is 115 Å². The highest BCUT2D eigenvalue weighted by Gasteiger charge is 2.25. The van der Waals surface area contributed by atoms with Crippen LogP contribution in [0.5, 0.6) is 0 Å². The topological polar surface area (TPSA) is 63.4 Å². The molecule has 106 valence electrons. The molecule has 0 amide bonds. The van der Waals surface area contributed by atoms with Crippen molar-refractivity contribution in [1.82, 2.24) is 0 Å². The number of rotatable bonds is 5. The maximum absolute atomic E-state index is 11.7. The lowest BCUT2D eigenvalue weighted by Crippen LogP contribution is -2.46. The number of para-hydroxylation sites is 1. The zero-order chi connectivity index (χ0) is 13.9. The minimum Gasteiger partial charge on any atom is -0.366 e. The molecule has 0 bridgehead atoms. The number of nitrogens with two attached hydrogens (primary N) is 1. The zero-order valence-electron chi connectivity index (χ0n) is 11.4. The summed E-state index contributed by atoms with van der Waals surface area (Å²) in [4.78, 5) is 2.17. The van der Waals surface area contributed by atoms with Crippen LogP contribution in [0.2, 0.25) is 0 Å². The summed E-state index contributed by atoms with van der Waals surface area (Å²) in [5.41, 5.74) is 8.27. The molecule has 0 aliphatic carbocycles. The maximum atomic E-state index is 11.7. The van der Waals surface area contributed by atoms with Crippen LogP contribution >= 0.6 is 0 Å². The average Bonchev–Trinajstić information content (AvgIpc) is 2.44. The van der Waals surface area contributed by atoms with Crippen LogP contribution in [0.25, 0.3) is 0 Å². The van der Waals surface area contributed by atoms with E-state index in [1.54, 1.807) is 6.92 Å². The summed E-state index contributed by atoms with van der Waals surface area (Å²) in [6.07, 6.45) is 2.02. The normalized spacial score (nSPS) is 19.3. The molecule has 1 aromatic carbocycles. The molecular weight excluding hydrogens is 260 g/mol. The fourth-order valence-corrected chi connectivity index (χ4v) is 3.37. The maximum Gasteiger partial charge on any atom is 0.151 e. The first-order valence-electron chi connectivity index (χ1n) is 6.82. The van der Waals surface area contributed by atoms with E-state index in [2.05, 4.69) is 17.0 Å². The second-order valence-electron chi connectivity index (χ2n) is 4.99. The van der Waals surface area contributed by atoms with Crippen LogP contribution in [0.3, 0.4) is 0 Å². The van der Waals surface area contributed by atoms with Gasteiger partial charge in [-0.1, -0.05) is 25.1 Å². The van der Waals surface area contributed by atoms with Gasteiger partial charge in [0.2, 0.25) is 0 Å². The summed E-state index contributed by atoms with van der Waals surface area (Å²) in [5.74, 6) is 0.407. The molecule has 5 heteroatoms.